The lowest BCUT2D eigenvalue weighted by atomic mass is 10.1. The van der Waals surface area contributed by atoms with Gasteiger partial charge in [0, 0.05) is 6.42 Å². The highest BCUT2D eigenvalue weighted by molar-refractivity contribution is 5.18. The van der Waals surface area contributed by atoms with Gasteiger partial charge in [-0.2, -0.15) is 0 Å². The SMILES string of the molecule is C=C(Cc1ccccc1)OC(C)C. The van der Waals surface area contributed by atoms with Gasteiger partial charge < -0.3 is 4.74 Å². The fourth-order valence-corrected chi connectivity index (χ4v) is 1.20. The van der Waals surface area contributed by atoms with E-state index in [0.29, 0.717) is 0 Å². The summed E-state index contributed by atoms with van der Waals surface area (Å²) in [6.45, 7) is 7.89. The van der Waals surface area contributed by atoms with E-state index in [9.17, 15) is 0 Å². The van der Waals surface area contributed by atoms with Crippen molar-refractivity contribution in [2.24, 2.45) is 0 Å². The molecule has 0 unspecified atom stereocenters. The van der Waals surface area contributed by atoms with Gasteiger partial charge in [-0.15, -0.1) is 0 Å². The zero-order valence-electron chi connectivity index (χ0n) is 8.29. The highest BCUT2D eigenvalue weighted by atomic mass is 16.5. The maximum atomic E-state index is 5.46. The van der Waals surface area contributed by atoms with Gasteiger partial charge in [0.1, 0.15) is 0 Å². The van der Waals surface area contributed by atoms with E-state index < -0.39 is 0 Å². The standard InChI is InChI=1S/C12H16O/c1-10(2)13-11(3)9-12-7-5-4-6-8-12/h4-8,10H,3,9H2,1-2H3. The topological polar surface area (TPSA) is 9.23 Å². The number of hydrogen-bond donors (Lipinski definition) is 0. The summed E-state index contributed by atoms with van der Waals surface area (Å²) in [6.07, 6.45) is 1.02. The van der Waals surface area contributed by atoms with Crippen LogP contribution in [0.4, 0.5) is 0 Å². The average molecular weight is 176 g/mol. The quantitative estimate of drug-likeness (QED) is 0.640. The maximum Gasteiger partial charge on any atom is 0.0935 e. The lowest BCUT2D eigenvalue weighted by Crippen LogP contribution is -2.03. The van der Waals surface area contributed by atoms with Crippen LogP contribution in [0.15, 0.2) is 42.7 Å². The van der Waals surface area contributed by atoms with Crippen LogP contribution >= 0.6 is 0 Å². The van der Waals surface area contributed by atoms with Gasteiger partial charge in [0.25, 0.3) is 0 Å². The first-order valence-corrected chi connectivity index (χ1v) is 4.57. The summed E-state index contributed by atoms with van der Waals surface area (Å²) in [6, 6.07) is 10.2. The predicted molar refractivity (Wildman–Crippen MR) is 55.5 cm³/mol. The Labute approximate surface area is 80.0 Å². The lowest BCUT2D eigenvalue weighted by molar-refractivity contribution is 0.144. The van der Waals surface area contributed by atoms with Gasteiger partial charge in [0.15, 0.2) is 0 Å². The summed E-state index contributed by atoms with van der Waals surface area (Å²) in [5.41, 5.74) is 1.24. The van der Waals surface area contributed by atoms with Gasteiger partial charge in [-0.1, -0.05) is 36.9 Å². The third kappa shape index (κ3) is 3.79. The zero-order chi connectivity index (χ0) is 9.68. The van der Waals surface area contributed by atoms with E-state index in [0.717, 1.165) is 12.2 Å². The van der Waals surface area contributed by atoms with Gasteiger partial charge in [-0.25, -0.2) is 0 Å². The molecule has 1 aromatic carbocycles. The minimum absolute atomic E-state index is 0.219. The normalized spacial score (nSPS) is 10.1. The highest BCUT2D eigenvalue weighted by Crippen LogP contribution is 2.08. The third-order valence-electron chi connectivity index (χ3n) is 1.65. The summed E-state index contributed by atoms with van der Waals surface area (Å²) < 4.78 is 5.46. The molecule has 0 radical (unpaired) electrons. The number of allylic oxidation sites excluding steroid dienone is 1. The Kier molecular flexibility index (Phi) is 3.56. The lowest BCUT2D eigenvalue weighted by Gasteiger charge is -2.11. The van der Waals surface area contributed by atoms with Crippen LogP contribution < -0.4 is 0 Å². The van der Waals surface area contributed by atoms with Crippen molar-refractivity contribution in [2.45, 2.75) is 26.4 Å². The van der Waals surface area contributed by atoms with Crippen LogP contribution in [0.25, 0.3) is 0 Å². The van der Waals surface area contributed by atoms with E-state index >= 15 is 0 Å². The number of benzene rings is 1. The van der Waals surface area contributed by atoms with Gasteiger partial charge in [0.2, 0.25) is 0 Å². The minimum Gasteiger partial charge on any atom is -0.496 e. The second-order valence-electron chi connectivity index (χ2n) is 3.37. The molecule has 0 aliphatic heterocycles. The first kappa shape index (κ1) is 9.85. The molecule has 1 rings (SSSR count). The first-order valence-electron chi connectivity index (χ1n) is 4.57. The van der Waals surface area contributed by atoms with Gasteiger partial charge in [0.05, 0.1) is 11.9 Å². The monoisotopic (exact) mass is 176 g/mol. The Hall–Kier alpha value is -1.24. The van der Waals surface area contributed by atoms with Crippen molar-refractivity contribution in [1.29, 1.82) is 0 Å². The smallest absolute Gasteiger partial charge is 0.0935 e. The van der Waals surface area contributed by atoms with Crippen molar-refractivity contribution in [3.63, 3.8) is 0 Å². The summed E-state index contributed by atoms with van der Waals surface area (Å²) in [5, 5.41) is 0. The first-order chi connectivity index (χ1) is 6.18. The molecule has 13 heavy (non-hydrogen) atoms. The molecule has 0 aliphatic carbocycles. The largest absolute Gasteiger partial charge is 0.496 e. The van der Waals surface area contributed by atoms with Crippen molar-refractivity contribution in [3.05, 3.63) is 48.2 Å². The number of rotatable bonds is 4. The van der Waals surface area contributed by atoms with Crippen LogP contribution in [0.5, 0.6) is 0 Å². The second-order valence-corrected chi connectivity index (χ2v) is 3.37. The molecule has 0 heterocycles. The molecular weight excluding hydrogens is 160 g/mol. The van der Waals surface area contributed by atoms with E-state index in [1.807, 2.05) is 32.0 Å². The molecule has 0 spiro atoms. The van der Waals surface area contributed by atoms with Crippen molar-refractivity contribution >= 4 is 0 Å². The van der Waals surface area contributed by atoms with E-state index in [1.54, 1.807) is 0 Å². The second kappa shape index (κ2) is 4.70. The van der Waals surface area contributed by atoms with Crippen molar-refractivity contribution < 1.29 is 4.74 Å². The number of hydrogen-bond acceptors (Lipinski definition) is 1. The Morgan fingerprint density at radius 1 is 1.31 bits per heavy atom. The summed E-state index contributed by atoms with van der Waals surface area (Å²) in [4.78, 5) is 0. The summed E-state index contributed by atoms with van der Waals surface area (Å²) in [5.74, 6) is 0.834. The van der Waals surface area contributed by atoms with Crippen LogP contribution in [-0.4, -0.2) is 6.10 Å². The third-order valence-corrected chi connectivity index (χ3v) is 1.65. The molecular formula is C12H16O. The van der Waals surface area contributed by atoms with Crippen LogP contribution in [0.1, 0.15) is 19.4 Å². The van der Waals surface area contributed by atoms with E-state index in [-0.39, 0.29) is 6.10 Å². The van der Waals surface area contributed by atoms with E-state index in [1.165, 1.54) is 5.56 Å². The van der Waals surface area contributed by atoms with E-state index in [4.69, 9.17) is 4.74 Å². The fraction of sp³-hybridized carbons (Fsp3) is 0.333. The van der Waals surface area contributed by atoms with Crippen LogP contribution in [0.2, 0.25) is 0 Å². The van der Waals surface area contributed by atoms with Gasteiger partial charge in [-0.05, 0) is 19.4 Å². The Morgan fingerprint density at radius 2 is 1.92 bits per heavy atom. The maximum absolute atomic E-state index is 5.46. The molecule has 1 nitrogen and oxygen atoms in total. The molecule has 1 heteroatoms. The molecule has 0 bridgehead atoms. The zero-order valence-corrected chi connectivity index (χ0v) is 8.29. The summed E-state index contributed by atoms with van der Waals surface area (Å²) >= 11 is 0. The van der Waals surface area contributed by atoms with Gasteiger partial charge in [-0.3, -0.25) is 0 Å². The molecule has 70 valence electrons. The Morgan fingerprint density at radius 3 is 2.46 bits per heavy atom. The van der Waals surface area contributed by atoms with Crippen molar-refractivity contribution in [2.75, 3.05) is 0 Å². The van der Waals surface area contributed by atoms with E-state index in [2.05, 4.69) is 18.7 Å². The average Bonchev–Trinajstić information content (AvgIpc) is 2.04. The van der Waals surface area contributed by atoms with Crippen LogP contribution in [-0.2, 0) is 11.2 Å². The van der Waals surface area contributed by atoms with Crippen molar-refractivity contribution in [3.8, 4) is 0 Å². The molecule has 0 aromatic heterocycles. The number of ether oxygens (including phenoxy) is 1. The highest BCUT2D eigenvalue weighted by Gasteiger charge is 1.99. The Bertz CT molecular complexity index is 262. The van der Waals surface area contributed by atoms with Gasteiger partial charge >= 0.3 is 0 Å². The molecule has 0 saturated carbocycles. The molecule has 0 amide bonds. The van der Waals surface area contributed by atoms with Crippen LogP contribution in [0, 0.1) is 0 Å². The molecule has 0 saturated heterocycles. The predicted octanol–water partition coefficient (Wildman–Crippen LogP) is 3.17. The fourth-order valence-electron chi connectivity index (χ4n) is 1.20. The minimum atomic E-state index is 0.219. The molecule has 1 aromatic rings. The van der Waals surface area contributed by atoms with Crippen molar-refractivity contribution in [1.82, 2.24) is 0 Å². The molecule has 0 atom stereocenters. The van der Waals surface area contributed by atoms with Crippen LogP contribution in [0.3, 0.4) is 0 Å². The molecule has 0 aliphatic rings. The molecule has 0 fully saturated rings. The summed E-state index contributed by atoms with van der Waals surface area (Å²) in [7, 11) is 0. The molecule has 0 N–H and O–H groups in total. The Balaban J connectivity index is 2.46.